The third kappa shape index (κ3) is 3.56. The molecule has 2 aromatic rings. The molecular formula is C17H17ClN2O3. The van der Waals surface area contributed by atoms with Crippen LogP contribution in [0.25, 0.3) is 0 Å². The first-order valence-corrected chi connectivity index (χ1v) is 7.82. The quantitative estimate of drug-likeness (QED) is 0.938. The Balaban J connectivity index is 1.68. The predicted octanol–water partition coefficient (Wildman–Crippen LogP) is 2.38. The molecule has 0 saturated carbocycles. The van der Waals surface area contributed by atoms with Crippen LogP contribution in [-0.4, -0.2) is 28.4 Å². The number of carbonyl (C=O) groups is 1. The summed E-state index contributed by atoms with van der Waals surface area (Å²) < 4.78 is 5.68. The lowest BCUT2D eigenvalue weighted by atomic mass is 10.0. The molecule has 0 radical (unpaired) electrons. The number of nitrogens with one attached hydrogen (secondary N) is 1. The van der Waals surface area contributed by atoms with Crippen molar-refractivity contribution in [1.29, 1.82) is 0 Å². The van der Waals surface area contributed by atoms with Crippen molar-refractivity contribution in [1.82, 2.24) is 9.88 Å². The molecule has 0 bridgehead atoms. The maximum absolute atomic E-state index is 12.6. The number of hydrogen-bond donors (Lipinski definition) is 1. The van der Waals surface area contributed by atoms with Gasteiger partial charge in [-0.05, 0) is 42.7 Å². The van der Waals surface area contributed by atoms with Crippen LogP contribution in [0, 0.1) is 0 Å². The lowest BCUT2D eigenvalue weighted by Crippen LogP contribution is -2.43. The molecule has 1 aromatic heterocycles. The van der Waals surface area contributed by atoms with Crippen molar-refractivity contribution < 1.29 is 9.53 Å². The van der Waals surface area contributed by atoms with Crippen molar-refractivity contribution >= 4 is 17.5 Å². The predicted molar refractivity (Wildman–Crippen MR) is 87.7 cm³/mol. The zero-order valence-corrected chi connectivity index (χ0v) is 13.5. The Hall–Kier alpha value is -2.27. The van der Waals surface area contributed by atoms with E-state index in [2.05, 4.69) is 4.98 Å². The minimum atomic E-state index is -0.599. The van der Waals surface area contributed by atoms with E-state index in [1.165, 1.54) is 0 Å². The molecule has 1 aliphatic rings. The molecule has 0 saturated heterocycles. The largest absolute Gasteiger partial charge is 0.481 e. The van der Waals surface area contributed by atoms with Gasteiger partial charge in [0.15, 0.2) is 6.10 Å². The summed E-state index contributed by atoms with van der Waals surface area (Å²) in [6.45, 7) is 2.79. The minimum absolute atomic E-state index is 0.0816. The Morgan fingerprint density at radius 1 is 1.35 bits per heavy atom. The molecule has 120 valence electrons. The van der Waals surface area contributed by atoms with E-state index in [1.54, 1.807) is 48.4 Å². The topological polar surface area (TPSA) is 62.4 Å². The number of benzene rings is 1. The lowest BCUT2D eigenvalue weighted by molar-refractivity contribution is -0.138. The van der Waals surface area contributed by atoms with E-state index >= 15 is 0 Å². The van der Waals surface area contributed by atoms with Gasteiger partial charge in [0, 0.05) is 30.4 Å². The highest BCUT2D eigenvalue weighted by atomic mass is 35.5. The van der Waals surface area contributed by atoms with Gasteiger partial charge in [-0.2, -0.15) is 0 Å². The summed E-state index contributed by atoms with van der Waals surface area (Å²) in [7, 11) is 0. The SMILES string of the molecule is CC(Oc1cccc(Cl)c1)C(=O)N1CCc2cc(=O)[nH]cc2C1. The fourth-order valence-corrected chi connectivity index (χ4v) is 2.88. The molecule has 0 aliphatic carbocycles. The van der Waals surface area contributed by atoms with Gasteiger partial charge in [-0.25, -0.2) is 0 Å². The molecule has 1 unspecified atom stereocenters. The molecule has 1 aliphatic heterocycles. The number of amides is 1. The third-order valence-corrected chi connectivity index (χ3v) is 4.12. The molecule has 1 aromatic carbocycles. The van der Waals surface area contributed by atoms with Crippen LogP contribution in [0.15, 0.2) is 41.3 Å². The molecule has 1 atom stereocenters. The van der Waals surface area contributed by atoms with Crippen molar-refractivity contribution in [2.24, 2.45) is 0 Å². The van der Waals surface area contributed by atoms with Gasteiger partial charge in [0.2, 0.25) is 5.56 Å². The normalized spacial score (nSPS) is 15.0. The standard InChI is InChI=1S/C17H17ClN2O3/c1-11(23-15-4-2-3-14(18)8-15)17(22)20-6-5-12-7-16(21)19-9-13(12)10-20/h2-4,7-9,11H,5-6,10H2,1H3,(H,19,21). The van der Waals surface area contributed by atoms with Gasteiger partial charge in [0.25, 0.3) is 5.91 Å². The Bertz CT molecular complexity index is 787. The number of H-pyrrole nitrogens is 1. The number of fused-ring (bicyclic) bond motifs is 1. The number of pyridine rings is 1. The number of aromatic nitrogens is 1. The molecule has 6 heteroatoms. The van der Waals surface area contributed by atoms with E-state index < -0.39 is 6.10 Å². The fraction of sp³-hybridized carbons (Fsp3) is 0.294. The van der Waals surface area contributed by atoms with Gasteiger partial charge in [-0.3, -0.25) is 9.59 Å². The molecular weight excluding hydrogens is 316 g/mol. The van der Waals surface area contributed by atoms with Crippen molar-refractivity contribution in [3.05, 3.63) is 63.0 Å². The Kier molecular flexibility index (Phi) is 4.39. The summed E-state index contributed by atoms with van der Waals surface area (Å²) in [5.74, 6) is 0.488. The highest BCUT2D eigenvalue weighted by molar-refractivity contribution is 6.30. The molecule has 3 rings (SSSR count). The molecule has 2 heterocycles. The van der Waals surface area contributed by atoms with Gasteiger partial charge in [0.1, 0.15) is 5.75 Å². The van der Waals surface area contributed by atoms with Crippen molar-refractivity contribution in [3.63, 3.8) is 0 Å². The zero-order chi connectivity index (χ0) is 16.4. The summed E-state index contributed by atoms with van der Waals surface area (Å²) >= 11 is 5.92. The highest BCUT2D eigenvalue weighted by Crippen LogP contribution is 2.21. The van der Waals surface area contributed by atoms with Crippen LogP contribution < -0.4 is 10.3 Å². The number of carbonyl (C=O) groups excluding carboxylic acids is 1. The fourth-order valence-electron chi connectivity index (χ4n) is 2.70. The van der Waals surface area contributed by atoms with Gasteiger partial charge in [-0.1, -0.05) is 17.7 Å². The summed E-state index contributed by atoms with van der Waals surface area (Å²) in [6.07, 6.45) is 1.76. The van der Waals surface area contributed by atoms with Crippen LogP contribution in [-0.2, 0) is 17.8 Å². The second-order valence-corrected chi connectivity index (χ2v) is 6.01. The first-order chi connectivity index (χ1) is 11.0. The third-order valence-electron chi connectivity index (χ3n) is 3.89. The highest BCUT2D eigenvalue weighted by Gasteiger charge is 2.26. The van der Waals surface area contributed by atoms with Gasteiger partial charge >= 0.3 is 0 Å². The van der Waals surface area contributed by atoms with Crippen LogP contribution in [0.3, 0.4) is 0 Å². The second kappa shape index (κ2) is 6.46. The van der Waals surface area contributed by atoms with Crippen LogP contribution in [0.4, 0.5) is 0 Å². The van der Waals surface area contributed by atoms with E-state index in [1.807, 2.05) is 0 Å². The van der Waals surface area contributed by atoms with Crippen LogP contribution >= 0.6 is 11.6 Å². The van der Waals surface area contributed by atoms with Crippen molar-refractivity contribution in [2.45, 2.75) is 26.0 Å². The first-order valence-electron chi connectivity index (χ1n) is 7.44. The summed E-state index contributed by atoms with van der Waals surface area (Å²) in [5, 5.41) is 0.568. The number of aromatic amines is 1. The van der Waals surface area contributed by atoms with Gasteiger partial charge in [-0.15, -0.1) is 0 Å². The number of rotatable bonds is 3. The van der Waals surface area contributed by atoms with E-state index in [9.17, 15) is 9.59 Å². The van der Waals surface area contributed by atoms with E-state index in [0.717, 1.165) is 11.1 Å². The minimum Gasteiger partial charge on any atom is -0.481 e. The molecule has 5 nitrogen and oxygen atoms in total. The zero-order valence-electron chi connectivity index (χ0n) is 12.7. The Labute approximate surface area is 138 Å². The van der Waals surface area contributed by atoms with Crippen LogP contribution in [0.2, 0.25) is 5.02 Å². The average Bonchev–Trinajstić information content (AvgIpc) is 2.53. The van der Waals surface area contributed by atoms with Crippen LogP contribution in [0.5, 0.6) is 5.75 Å². The summed E-state index contributed by atoms with van der Waals surface area (Å²) in [5.41, 5.74) is 1.86. The molecule has 1 N–H and O–H groups in total. The lowest BCUT2D eigenvalue weighted by Gasteiger charge is -2.30. The van der Waals surface area contributed by atoms with Crippen LogP contribution in [0.1, 0.15) is 18.1 Å². The monoisotopic (exact) mass is 332 g/mol. The number of halogens is 1. The van der Waals surface area contributed by atoms with Gasteiger partial charge < -0.3 is 14.6 Å². The van der Waals surface area contributed by atoms with Crippen molar-refractivity contribution in [3.8, 4) is 5.75 Å². The van der Waals surface area contributed by atoms with Crippen molar-refractivity contribution in [2.75, 3.05) is 6.54 Å². The smallest absolute Gasteiger partial charge is 0.263 e. The van der Waals surface area contributed by atoms with E-state index in [4.69, 9.17) is 16.3 Å². The van der Waals surface area contributed by atoms with E-state index in [0.29, 0.717) is 30.3 Å². The Morgan fingerprint density at radius 3 is 2.96 bits per heavy atom. The summed E-state index contributed by atoms with van der Waals surface area (Å²) in [4.78, 5) is 28.3. The molecule has 0 spiro atoms. The maximum atomic E-state index is 12.6. The second-order valence-electron chi connectivity index (χ2n) is 5.57. The first kappa shape index (κ1) is 15.6. The molecule has 1 amide bonds. The maximum Gasteiger partial charge on any atom is 0.263 e. The number of hydrogen-bond acceptors (Lipinski definition) is 3. The number of nitrogens with zero attached hydrogens (tertiary/aromatic N) is 1. The van der Waals surface area contributed by atoms with Gasteiger partial charge in [0.05, 0.1) is 0 Å². The van der Waals surface area contributed by atoms with E-state index in [-0.39, 0.29) is 11.5 Å². The number of ether oxygens (including phenoxy) is 1. The summed E-state index contributed by atoms with van der Waals surface area (Å²) in [6, 6.07) is 8.59. The molecule has 0 fully saturated rings. The Morgan fingerprint density at radius 2 is 2.17 bits per heavy atom. The average molecular weight is 333 g/mol. The molecule has 23 heavy (non-hydrogen) atoms.